The van der Waals surface area contributed by atoms with E-state index < -0.39 is 17.6 Å². The number of halogens is 1. The van der Waals surface area contributed by atoms with Crippen LogP contribution in [0.2, 0.25) is 0 Å². The van der Waals surface area contributed by atoms with E-state index in [4.69, 9.17) is 5.73 Å². The number of nitrogens with zero attached hydrogens (tertiary/aromatic N) is 1. The predicted octanol–water partition coefficient (Wildman–Crippen LogP) is 2.21. The third-order valence-corrected chi connectivity index (χ3v) is 2.98. The number of imide groups is 1. The Kier molecular flexibility index (Phi) is 2.35. The highest BCUT2D eigenvalue weighted by Gasteiger charge is 2.36. The van der Waals surface area contributed by atoms with Crippen LogP contribution in [0.4, 0.5) is 15.8 Å². The van der Waals surface area contributed by atoms with E-state index in [1.165, 1.54) is 30.3 Å². The van der Waals surface area contributed by atoms with Gasteiger partial charge < -0.3 is 5.73 Å². The number of anilines is 2. The minimum atomic E-state index is -0.506. The molecule has 0 fully saturated rings. The van der Waals surface area contributed by atoms with Gasteiger partial charge in [-0.15, -0.1) is 0 Å². The van der Waals surface area contributed by atoms with Gasteiger partial charge in [-0.3, -0.25) is 9.59 Å². The molecule has 0 aliphatic carbocycles. The Balaban J connectivity index is 2.13. The molecule has 1 heterocycles. The first kappa shape index (κ1) is 11.4. The van der Waals surface area contributed by atoms with Crippen molar-refractivity contribution in [3.8, 4) is 0 Å². The van der Waals surface area contributed by atoms with Crippen molar-refractivity contribution in [2.24, 2.45) is 0 Å². The molecule has 4 nitrogen and oxygen atoms in total. The summed E-state index contributed by atoms with van der Waals surface area (Å²) in [6, 6.07) is 9.86. The van der Waals surface area contributed by atoms with Crippen LogP contribution >= 0.6 is 0 Å². The molecule has 0 spiro atoms. The lowest BCUT2D eigenvalue weighted by molar-refractivity contribution is 0.0926. The van der Waals surface area contributed by atoms with Crippen LogP contribution in [-0.2, 0) is 0 Å². The molecule has 1 aliphatic heterocycles. The summed E-state index contributed by atoms with van der Waals surface area (Å²) in [4.78, 5) is 25.3. The average Bonchev–Trinajstić information content (AvgIpc) is 2.61. The molecule has 1 aliphatic rings. The topological polar surface area (TPSA) is 63.4 Å². The molecule has 2 N–H and O–H groups in total. The minimum absolute atomic E-state index is 0.213. The van der Waals surface area contributed by atoms with E-state index in [2.05, 4.69) is 0 Å². The van der Waals surface area contributed by atoms with Crippen molar-refractivity contribution in [3.63, 3.8) is 0 Å². The highest BCUT2D eigenvalue weighted by atomic mass is 19.1. The Bertz CT molecular complexity index is 712. The van der Waals surface area contributed by atoms with E-state index in [1.54, 1.807) is 6.07 Å². The number of nitrogen functional groups attached to an aromatic ring is 1. The first-order valence-electron chi connectivity index (χ1n) is 5.62. The number of carbonyl (C=O) groups excluding carboxylic acids is 2. The summed E-state index contributed by atoms with van der Waals surface area (Å²) in [7, 11) is 0. The van der Waals surface area contributed by atoms with Gasteiger partial charge >= 0.3 is 0 Å². The molecule has 2 aromatic rings. The second-order valence-electron chi connectivity index (χ2n) is 4.23. The summed E-state index contributed by atoms with van der Waals surface area (Å²) in [5, 5.41) is 0. The SMILES string of the molecule is Nc1ccc2c(c1)C(=O)N(c1cccc(F)c1)C2=O. The summed E-state index contributed by atoms with van der Waals surface area (Å²) in [6.45, 7) is 0. The molecule has 94 valence electrons. The third kappa shape index (κ3) is 1.67. The van der Waals surface area contributed by atoms with Gasteiger partial charge in [0.25, 0.3) is 11.8 Å². The van der Waals surface area contributed by atoms with Crippen LogP contribution in [0.5, 0.6) is 0 Å². The van der Waals surface area contributed by atoms with Crippen molar-refractivity contribution in [1.29, 1.82) is 0 Å². The summed E-state index contributed by atoms with van der Waals surface area (Å²) in [6.07, 6.45) is 0. The van der Waals surface area contributed by atoms with Crippen molar-refractivity contribution in [2.45, 2.75) is 0 Å². The van der Waals surface area contributed by atoms with Crippen molar-refractivity contribution in [3.05, 3.63) is 59.4 Å². The standard InChI is InChI=1S/C14H9FN2O2/c15-8-2-1-3-10(6-8)17-13(18)11-5-4-9(16)7-12(11)14(17)19/h1-7H,16H2. The molecule has 19 heavy (non-hydrogen) atoms. The first-order chi connectivity index (χ1) is 9.08. The van der Waals surface area contributed by atoms with Gasteiger partial charge in [-0.25, -0.2) is 9.29 Å². The second-order valence-corrected chi connectivity index (χ2v) is 4.23. The summed E-state index contributed by atoms with van der Waals surface area (Å²) in [5.41, 5.74) is 6.75. The fourth-order valence-corrected chi connectivity index (χ4v) is 2.11. The van der Waals surface area contributed by atoms with Gasteiger partial charge in [-0.2, -0.15) is 0 Å². The fourth-order valence-electron chi connectivity index (χ4n) is 2.11. The first-order valence-corrected chi connectivity index (χ1v) is 5.62. The van der Waals surface area contributed by atoms with Crippen LogP contribution in [0.25, 0.3) is 0 Å². The molecule has 3 rings (SSSR count). The van der Waals surface area contributed by atoms with Crippen LogP contribution in [-0.4, -0.2) is 11.8 Å². The van der Waals surface area contributed by atoms with Gasteiger partial charge in [0.1, 0.15) is 5.82 Å². The molecule has 0 saturated carbocycles. The van der Waals surface area contributed by atoms with Gasteiger partial charge in [0.2, 0.25) is 0 Å². The molecule has 0 atom stereocenters. The van der Waals surface area contributed by atoms with Crippen LogP contribution < -0.4 is 10.6 Å². The Morgan fingerprint density at radius 3 is 2.42 bits per heavy atom. The smallest absolute Gasteiger partial charge is 0.266 e. The molecular weight excluding hydrogens is 247 g/mol. The van der Waals surface area contributed by atoms with Crippen molar-refractivity contribution < 1.29 is 14.0 Å². The van der Waals surface area contributed by atoms with Gasteiger partial charge in [-0.1, -0.05) is 6.07 Å². The Morgan fingerprint density at radius 2 is 1.68 bits per heavy atom. The van der Waals surface area contributed by atoms with Gasteiger partial charge in [-0.05, 0) is 36.4 Å². The summed E-state index contributed by atoms with van der Waals surface area (Å²) in [5.74, 6) is -1.46. The van der Waals surface area contributed by atoms with E-state index >= 15 is 0 Å². The lowest BCUT2D eigenvalue weighted by Gasteiger charge is -2.13. The van der Waals surface area contributed by atoms with Crippen LogP contribution in [0.3, 0.4) is 0 Å². The van der Waals surface area contributed by atoms with Crippen molar-refractivity contribution in [1.82, 2.24) is 0 Å². The van der Waals surface area contributed by atoms with Crippen molar-refractivity contribution >= 4 is 23.2 Å². The third-order valence-electron chi connectivity index (χ3n) is 2.98. The zero-order valence-electron chi connectivity index (χ0n) is 9.76. The Morgan fingerprint density at radius 1 is 0.947 bits per heavy atom. The van der Waals surface area contributed by atoms with E-state index in [0.29, 0.717) is 5.69 Å². The number of fused-ring (bicyclic) bond motifs is 1. The average molecular weight is 256 g/mol. The Labute approximate surface area is 108 Å². The predicted molar refractivity (Wildman–Crippen MR) is 68.4 cm³/mol. The van der Waals surface area contributed by atoms with Gasteiger partial charge in [0.05, 0.1) is 16.8 Å². The number of carbonyl (C=O) groups is 2. The molecule has 0 bridgehead atoms. The normalized spacial score (nSPS) is 13.8. The van der Waals surface area contributed by atoms with E-state index in [9.17, 15) is 14.0 Å². The zero-order valence-corrected chi connectivity index (χ0v) is 9.76. The summed E-state index contributed by atoms with van der Waals surface area (Å²) >= 11 is 0. The number of nitrogens with two attached hydrogens (primary N) is 1. The number of rotatable bonds is 1. The molecule has 0 unspecified atom stereocenters. The molecular formula is C14H9FN2O2. The van der Waals surface area contributed by atoms with E-state index in [1.807, 2.05) is 0 Å². The highest BCUT2D eigenvalue weighted by Crippen LogP contribution is 2.29. The number of hydrogen-bond donors (Lipinski definition) is 1. The van der Waals surface area contributed by atoms with Crippen LogP contribution in [0, 0.1) is 5.82 Å². The van der Waals surface area contributed by atoms with Crippen LogP contribution in [0.15, 0.2) is 42.5 Å². The van der Waals surface area contributed by atoms with Crippen LogP contribution in [0.1, 0.15) is 20.7 Å². The van der Waals surface area contributed by atoms with Crippen molar-refractivity contribution in [2.75, 3.05) is 10.6 Å². The maximum atomic E-state index is 13.2. The molecule has 5 heteroatoms. The maximum absolute atomic E-state index is 13.2. The second kappa shape index (κ2) is 3.91. The zero-order chi connectivity index (χ0) is 13.6. The molecule has 2 amide bonds. The largest absolute Gasteiger partial charge is 0.399 e. The maximum Gasteiger partial charge on any atom is 0.266 e. The van der Waals surface area contributed by atoms with Gasteiger partial charge in [0, 0.05) is 5.69 Å². The molecule has 0 radical (unpaired) electrons. The molecule has 2 aromatic carbocycles. The Hall–Kier alpha value is -2.69. The molecule has 0 saturated heterocycles. The molecule has 0 aromatic heterocycles. The van der Waals surface area contributed by atoms with E-state index in [-0.39, 0.29) is 16.8 Å². The lowest BCUT2D eigenvalue weighted by Crippen LogP contribution is -2.29. The quantitative estimate of drug-likeness (QED) is 0.628. The minimum Gasteiger partial charge on any atom is -0.399 e. The highest BCUT2D eigenvalue weighted by molar-refractivity contribution is 6.34. The fraction of sp³-hybridized carbons (Fsp3) is 0. The number of amides is 2. The van der Waals surface area contributed by atoms with E-state index in [0.717, 1.165) is 11.0 Å². The number of hydrogen-bond acceptors (Lipinski definition) is 3. The monoisotopic (exact) mass is 256 g/mol. The lowest BCUT2D eigenvalue weighted by atomic mass is 10.1. The summed E-state index contributed by atoms with van der Waals surface area (Å²) < 4.78 is 13.2. The van der Waals surface area contributed by atoms with Gasteiger partial charge in [0.15, 0.2) is 0 Å². The number of benzene rings is 2.